The molecule has 2 saturated carbocycles. The smallest absolute Gasteiger partial charge is 0.225 e. The molecule has 9 heteroatoms. The molecule has 216 valence electrons. The van der Waals surface area contributed by atoms with Crippen molar-refractivity contribution in [1.82, 2.24) is 15.5 Å². The molecule has 0 unspecified atom stereocenters. The first kappa shape index (κ1) is 28.8. The van der Waals surface area contributed by atoms with Gasteiger partial charge < -0.3 is 21.5 Å². The Balaban J connectivity index is 1.32. The second-order valence-electron chi connectivity index (χ2n) is 12.0. The van der Waals surface area contributed by atoms with Gasteiger partial charge in [0.15, 0.2) is 5.82 Å². The molecule has 1 heterocycles. The van der Waals surface area contributed by atoms with Crippen LogP contribution in [0.1, 0.15) is 70.8 Å². The van der Waals surface area contributed by atoms with E-state index in [4.69, 9.17) is 5.73 Å². The van der Waals surface area contributed by atoms with Gasteiger partial charge in [-0.25, -0.2) is 4.39 Å². The van der Waals surface area contributed by atoms with Crippen LogP contribution < -0.4 is 16.4 Å². The summed E-state index contributed by atoms with van der Waals surface area (Å²) < 4.78 is 15.3. The van der Waals surface area contributed by atoms with E-state index in [1.54, 1.807) is 25.1 Å². The van der Waals surface area contributed by atoms with Crippen LogP contribution in [0.25, 0.3) is 22.4 Å². The molecular formula is C32H38FN5O3. The molecule has 5 N–H and O–H groups in total. The van der Waals surface area contributed by atoms with Gasteiger partial charge >= 0.3 is 0 Å². The Morgan fingerprint density at radius 1 is 1.00 bits per heavy atom. The highest BCUT2D eigenvalue weighted by molar-refractivity contribution is 5.91. The number of halogens is 1. The number of carbonyl (C=O) groups is 2. The van der Waals surface area contributed by atoms with Crippen molar-refractivity contribution in [2.24, 2.45) is 11.7 Å². The van der Waals surface area contributed by atoms with E-state index in [1.807, 2.05) is 37.3 Å². The van der Waals surface area contributed by atoms with Crippen LogP contribution in [0.4, 0.5) is 10.2 Å². The van der Waals surface area contributed by atoms with E-state index >= 15 is 4.39 Å². The van der Waals surface area contributed by atoms with Gasteiger partial charge in [-0.3, -0.25) is 9.59 Å². The Bertz CT molecular complexity index is 1410. The van der Waals surface area contributed by atoms with Crippen molar-refractivity contribution in [2.45, 2.75) is 82.4 Å². The van der Waals surface area contributed by atoms with E-state index in [-0.39, 0.29) is 36.6 Å². The molecule has 0 bridgehead atoms. The van der Waals surface area contributed by atoms with Crippen LogP contribution in [-0.4, -0.2) is 38.8 Å². The predicted molar refractivity (Wildman–Crippen MR) is 156 cm³/mol. The first-order valence-electron chi connectivity index (χ1n) is 14.4. The molecule has 41 heavy (non-hydrogen) atoms. The van der Waals surface area contributed by atoms with Crippen LogP contribution in [0.2, 0.25) is 0 Å². The Morgan fingerprint density at radius 2 is 1.71 bits per heavy atom. The first-order chi connectivity index (χ1) is 19.5. The number of nitrogens with one attached hydrogen (secondary N) is 2. The summed E-state index contributed by atoms with van der Waals surface area (Å²) in [5.41, 5.74) is 7.55. The lowest BCUT2D eigenvalue weighted by atomic mass is 9.63. The topological polar surface area (TPSA) is 130 Å². The summed E-state index contributed by atoms with van der Waals surface area (Å²) in [7, 11) is 0. The predicted octanol–water partition coefficient (Wildman–Crippen LogP) is 5.06. The molecule has 3 aromatic rings. The van der Waals surface area contributed by atoms with Gasteiger partial charge in [0, 0.05) is 41.1 Å². The summed E-state index contributed by atoms with van der Waals surface area (Å²) in [5.74, 6) is 0.0559. The van der Waals surface area contributed by atoms with Gasteiger partial charge in [-0.05, 0) is 69.1 Å². The summed E-state index contributed by atoms with van der Waals surface area (Å²) in [6.07, 6.45) is 4.93. The number of rotatable bonds is 8. The standard InChI is InChI=1S/C32H38FN5O3/c1-3-28(39)35-23-12-9-20(10-13-23)15-29(40)36-27-17-24(21-7-5-4-6-8-21)30(38-37-27)22-11-14-25(26(33)16-22)32(34)18-31(2,41)19-32/h4-8,11,14,16-17,20,23,41H,3,9-10,12-13,15,18-19,34H2,1-2H3,(H,35,39)(H,36,37,40). The van der Waals surface area contributed by atoms with Crippen molar-refractivity contribution in [2.75, 3.05) is 5.32 Å². The lowest BCUT2D eigenvalue weighted by Gasteiger charge is -2.49. The van der Waals surface area contributed by atoms with Gasteiger partial charge in [-0.15, -0.1) is 10.2 Å². The number of nitrogens with two attached hydrogens (primary N) is 1. The summed E-state index contributed by atoms with van der Waals surface area (Å²) in [6.45, 7) is 3.54. The summed E-state index contributed by atoms with van der Waals surface area (Å²) in [6, 6.07) is 16.4. The summed E-state index contributed by atoms with van der Waals surface area (Å²) in [5, 5.41) is 24.8. The minimum atomic E-state index is -0.906. The van der Waals surface area contributed by atoms with E-state index in [9.17, 15) is 14.7 Å². The fourth-order valence-corrected chi connectivity index (χ4v) is 6.36. The maximum Gasteiger partial charge on any atom is 0.225 e. The highest BCUT2D eigenvalue weighted by Gasteiger charge is 2.50. The molecule has 2 fully saturated rings. The van der Waals surface area contributed by atoms with Crippen molar-refractivity contribution < 1.29 is 19.1 Å². The molecular weight excluding hydrogens is 521 g/mol. The number of nitrogens with zero attached hydrogens (tertiary/aromatic N) is 2. The number of amides is 2. The van der Waals surface area contributed by atoms with Gasteiger partial charge in [0.1, 0.15) is 11.5 Å². The number of benzene rings is 2. The average Bonchev–Trinajstić information content (AvgIpc) is 2.93. The summed E-state index contributed by atoms with van der Waals surface area (Å²) >= 11 is 0. The number of aliphatic hydroxyl groups is 1. The SMILES string of the molecule is CCC(=O)NC1CCC(CC(=O)Nc2cc(-c3ccccc3)c(-c3ccc(C4(N)CC(C)(O)C4)c(F)c3)nn2)CC1. The number of hydrogen-bond acceptors (Lipinski definition) is 6. The number of carbonyl (C=O) groups excluding carboxylic acids is 2. The van der Waals surface area contributed by atoms with Gasteiger partial charge in [0.05, 0.1) is 5.60 Å². The maximum atomic E-state index is 15.3. The van der Waals surface area contributed by atoms with Gasteiger partial charge in [-0.1, -0.05) is 49.4 Å². The van der Waals surface area contributed by atoms with Crippen molar-refractivity contribution in [3.63, 3.8) is 0 Å². The van der Waals surface area contributed by atoms with Crippen molar-refractivity contribution in [1.29, 1.82) is 0 Å². The summed E-state index contributed by atoms with van der Waals surface area (Å²) in [4.78, 5) is 24.6. The Labute approximate surface area is 240 Å². The molecule has 2 amide bonds. The van der Waals surface area contributed by atoms with Crippen LogP contribution in [0.5, 0.6) is 0 Å². The number of aromatic nitrogens is 2. The molecule has 0 radical (unpaired) electrons. The quantitative estimate of drug-likeness (QED) is 0.305. The second kappa shape index (κ2) is 11.7. The third-order valence-electron chi connectivity index (χ3n) is 8.32. The van der Waals surface area contributed by atoms with Crippen LogP contribution in [0.3, 0.4) is 0 Å². The molecule has 5 rings (SSSR count). The lowest BCUT2D eigenvalue weighted by Crippen LogP contribution is -2.58. The van der Waals surface area contributed by atoms with E-state index in [0.717, 1.165) is 31.2 Å². The third kappa shape index (κ3) is 6.63. The van der Waals surface area contributed by atoms with Crippen LogP contribution in [0, 0.1) is 11.7 Å². The zero-order valence-corrected chi connectivity index (χ0v) is 23.6. The highest BCUT2D eigenvalue weighted by Crippen LogP contribution is 2.47. The Kier molecular flexibility index (Phi) is 8.20. The zero-order chi connectivity index (χ0) is 29.2. The fraction of sp³-hybridized carbons (Fsp3) is 0.438. The van der Waals surface area contributed by atoms with E-state index in [2.05, 4.69) is 20.8 Å². The normalized spacial score (nSPS) is 25.7. The molecule has 0 saturated heterocycles. The molecule has 2 aromatic carbocycles. The average molecular weight is 560 g/mol. The first-order valence-corrected chi connectivity index (χ1v) is 14.4. The minimum absolute atomic E-state index is 0.0667. The number of anilines is 1. The lowest BCUT2D eigenvalue weighted by molar-refractivity contribution is -0.122. The number of hydrogen-bond donors (Lipinski definition) is 4. The minimum Gasteiger partial charge on any atom is -0.390 e. The van der Waals surface area contributed by atoms with Crippen molar-refractivity contribution >= 4 is 17.6 Å². The molecule has 1 aromatic heterocycles. The van der Waals surface area contributed by atoms with Crippen molar-refractivity contribution in [3.05, 3.63) is 66.0 Å². The molecule has 2 aliphatic carbocycles. The monoisotopic (exact) mass is 559 g/mol. The van der Waals surface area contributed by atoms with E-state index in [0.29, 0.717) is 41.0 Å². The van der Waals surface area contributed by atoms with Crippen LogP contribution >= 0.6 is 0 Å². The second-order valence-corrected chi connectivity index (χ2v) is 12.0. The molecule has 0 spiro atoms. The molecule has 2 aliphatic rings. The van der Waals surface area contributed by atoms with Gasteiger partial charge in [0.25, 0.3) is 0 Å². The maximum absolute atomic E-state index is 15.3. The van der Waals surface area contributed by atoms with Crippen molar-refractivity contribution in [3.8, 4) is 22.4 Å². The zero-order valence-electron chi connectivity index (χ0n) is 23.6. The van der Waals surface area contributed by atoms with Crippen LogP contribution in [-0.2, 0) is 15.1 Å². The Hall–Kier alpha value is -3.69. The van der Waals surface area contributed by atoms with Crippen LogP contribution in [0.15, 0.2) is 54.6 Å². The van der Waals surface area contributed by atoms with E-state index in [1.165, 1.54) is 6.07 Å². The molecule has 0 atom stereocenters. The fourth-order valence-electron chi connectivity index (χ4n) is 6.36. The third-order valence-corrected chi connectivity index (χ3v) is 8.32. The van der Waals surface area contributed by atoms with E-state index < -0.39 is 17.0 Å². The van der Waals surface area contributed by atoms with Gasteiger partial charge in [-0.2, -0.15) is 0 Å². The van der Waals surface area contributed by atoms with Gasteiger partial charge in [0.2, 0.25) is 11.8 Å². The molecule has 0 aliphatic heterocycles. The highest BCUT2D eigenvalue weighted by atomic mass is 19.1. The Morgan fingerprint density at radius 3 is 2.34 bits per heavy atom. The largest absolute Gasteiger partial charge is 0.390 e. The molecule has 8 nitrogen and oxygen atoms in total.